The Morgan fingerprint density at radius 1 is 1.36 bits per heavy atom. The van der Waals surface area contributed by atoms with Crippen LogP contribution in [0.5, 0.6) is 0 Å². The van der Waals surface area contributed by atoms with E-state index in [0.29, 0.717) is 0 Å². The Morgan fingerprint density at radius 2 is 2.21 bits per heavy atom. The highest BCUT2D eigenvalue weighted by Crippen LogP contribution is 2.29. The van der Waals surface area contributed by atoms with Crippen molar-refractivity contribution in [2.45, 2.75) is 19.4 Å². The number of aryl methyl sites for hydroxylation is 1. The average Bonchev–Trinajstić information content (AvgIpc) is 2.88. The van der Waals surface area contributed by atoms with Gasteiger partial charge in [0, 0.05) is 9.75 Å². The molecule has 0 bridgehead atoms. The van der Waals surface area contributed by atoms with Crippen molar-refractivity contribution in [2.24, 2.45) is 0 Å². The first-order chi connectivity index (χ1) is 6.81. The van der Waals surface area contributed by atoms with Gasteiger partial charge in [-0.2, -0.15) is 11.3 Å². The summed E-state index contributed by atoms with van der Waals surface area (Å²) in [6.07, 6.45) is 0.604. The van der Waals surface area contributed by atoms with Crippen LogP contribution in [0, 0.1) is 0 Å². The van der Waals surface area contributed by atoms with Crippen molar-refractivity contribution in [3.05, 3.63) is 44.3 Å². The van der Waals surface area contributed by atoms with Gasteiger partial charge < -0.3 is 5.11 Å². The molecule has 0 aliphatic carbocycles. The Balaban J connectivity index is 2.23. The van der Waals surface area contributed by atoms with Crippen LogP contribution in [0.2, 0.25) is 0 Å². The maximum Gasteiger partial charge on any atom is 0.114 e. The van der Waals surface area contributed by atoms with Crippen molar-refractivity contribution in [3.63, 3.8) is 0 Å². The third-order valence-electron chi connectivity index (χ3n) is 2.16. The molecule has 0 amide bonds. The number of rotatable bonds is 3. The third kappa shape index (κ3) is 1.90. The number of hydrogen-bond donors (Lipinski definition) is 1. The summed E-state index contributed by atoms with van der Waals surface area (Å²) < 4.78 is 0. The van der Waals surface area contributed by atoms with Gasteiger partial charge in [-0.15, -0.1) is 11.3 Å². The molecule has 14 heavy (non-hydrogen) atoms. The molecule has 2 rings (SSSR count). The molecule has 0 saturated heterocycles. The summed E-state index contributed by atoms with van der Waals surface area (Å²) in [7, 11) is 0. The summed E-state index contributed by atoms with van der Waals surface area (Å²) in [6, 6.07) is 6.09. The van der Waals surface area contributed by atoms with Gasteiger partial charge in [0.15, 0.2) is 0 Å². The Bertz CT molecular complexity index is 389. The van der Waals surface area contributed by atoms with Crippen LogP contribution in [0.1, 0.15) is 28.3 Å². The minimum Gasteiger partial charge on any atom is -0.383 e. The molecule has 0 saturated carbocycles. The van der Waals surface area contributed by atoms with Crippen LogP contribution >= 0.6 is 22.7 Å². The molecule has 1 N–H and O–H groups in total. The maximum absolute atomic E-state index is 10.0. The second-order valence-corrected chi connectivity index (χ2v) is 5.10. The summed E-state index contributed by atoms with van der Waals surface area (Å²) in [6.45, 7) is 2.13. The Labute approximate surface area is 91.7 Å². The molecule has 74 valence electrons. The largest absolute Gasteiger partial charge is 0.383 e. The number of aliphatic hydroxyl groups excluding tert-OH is 1. The molecule has 0 spiro atoms. The minimum atomic E-state index is -0.438. The molecule has 1 unspecified atom stereocenters. The smallest absolute Gasteiger partial charge is 0.114 e. The van der Waals surface area contributed by atoms with Crippen molar-refractivity contribution in [1.29, 1.82) is 0 Å². The van der Waals surface area contributed by atoms with Crippen LogP contribution in [-0.4, -0.2) is 5.11 Å². The first kappa shape index (κ1) is 9.90. The lowest BCUT2D eigenvalue weighted by molar-refractivity contribution is 0.224. The van der Waals surface area contributed by atoms with Crippen molar-refractivity contribution >= 4 is 22.7 Å². The molecule has 0 fully saturated rings. The van der Waals surface area contributed by atoms with Crippen molar-refractivity contribution in [1.82, 2.24) is 0 Å². The molecule has 2 aromatic heterocycles. The molecule has 0 aliphatic rings. The van der Waals surface area contributed by atoms with E-state index >= 15 is 0 Å². The first-order valence-corrected chi connectivity index (χ1v) is 6.36. The van der Waals surface area contributed by atoms with Crippen LogP contribution in [0.15, 0.2) is 29.0 Å². The molecule has 1 nitrogen and oxygen atoms in total. The van der Waals surface area contributed by atoms with Crippen LogP contribution in [0.4, 0.5) is 0 Å². The zero-order valence-electron chi connectivity index (χ0n) is 7.93. The van der Waals surface area contributed by atoms with Gasteiger partial charge in [0.25, 0.3) is 0 Å². The topological polar surface area (TPSA) is 20.2 Å². The maximum atomic E-state index is 10.0. The van der Waals surface area contributed by atoms with Gasteiger partial charge in [-0.05, 0) is 40.9 Å². The molecule has 2 heterocycles. The van der Waals surface area contributed by atoms with Crippen LogP contribution in [-0.2, 0) is 6.42 Å². The van der Waals surface area contributed by atoms with E-state index in [0.717, 1.165) is 16.9 Å². The Kier molecular flexibility index (Phi) is 3.01. The fourth-order valence-corrected chi connectivity index (χ4v) is 2.97. The molecule has 0 radical (unpaired) electrons. The summed E-state index contributed by atoms with van der Waals surface area (Å²) in [5.74, 6) is 0. The lowest BCUT2D eigenvalue weighted by Crippen LogP contribution is -1.93. The highest BCUT2D eigenvalue weighted by molar-refractivity contribution is 7.12. The fourth-order valence-electron chi connectivity index (χ4n) is 1.33. The van der Waals surface area contributed by atoms with Crippen LogP contribution < -0.4 is 0 Å². The van der Waals surface area contributed by atoms with E-state index in [4.69, 9.17) is 0 Å². The van der Waals surface area contributed by atoms with Gasteiger partial charge in [0.1, 0.15) is 6.10 Å². The van der Waals surface area contributed by atoms with Gasteiger partial charge in [0.05, 0.1) is 0 Å². The lowest BCUT2D eigenvalue weighted by atomic mass is 10.2. The molecule has 0 aliphatic heterocycles. The quantitative estimate of drug-likeness (QED) is 0.846. The van der Waals surface area contributed by atoms with Crippen molar-refractivity contribution in [3.8, 4) is 0 Å². The second-order valence-electron chi connectivity index (χ2n) is 3.12. The third-order valence-corrected chi connectivity index (χ3v) is 4.14. The highest BCUT2D eigenvalue weighted by atomic mass is 32.1. The van der Waals surface area contributed by atoms with Gasteiger partial charge in [-0.3, -0.25) is 0 Å². The van der Waals surface area contributed by atoms with Crippen LogP contribution in [0.3, 0.4) is 0 Å². The zero-order chi connectivity index (χ0) is 9.97. The number of aliphatic hydroxyl groups is 1. The highest BCUT2D eigenvalue weighted by Gasteiger charge is 2.12. The summed E-state index contributed by atoms with van der Waals surface area (Å²) in [5, 5.41) is 14.0. The van der Waals surface area contributed by atoms with E-state index in [1.165, 1.54) is 4.88 Å². The number of thiophene rings is 2. The van der Waals surface area contributed by atoms with Gasteiger partial charge in [-0.1, -0.05) is 6.92 Å². The summed E-state index contributed by atoms with van der Waals surface area (Å²) >= 11 is 3.31. The average molecular weight is 224 g/mol. The van der Waals surface area contributed by atoms with Crippen molar-refractivity contribution < 1.29 is 5.11 Å². The zero-order valence-corrected chi connectivity index (χ0v) is 9.57. The SMILES string of the molecule is CCc1ccc(C(O)c2ccsc2)s1. The Morgan fingerprint density at radius 3 is 2.79 bits per heavy atom. The number of hydrogen-bond acceptors (Lipinski definition) is 3. The van der Waals surface area contributed by atoms with E-state index in [9.17, 15) is 5.11 Å². The molecule has 3 heteroatoms. The van der Waals surface area contributed by atoms with E-state index in [1.807, 2.05) is 22.9 Å². The van der Waals surface area contributed by atoms with Crippen LogP contribution in [0.25, 0.3) is 0 Å². The summed E-state index contributed by atoms with van der Waals surface area (Å²) in [5.41, 5.74) is 1.000. The predicted octanol–water partition coefficient (Wildman–Crippen LogP) is 3.45. The molecule has 0 aromatic carbocycles. The standard InChI is InChI=1S/C11H12OS2/c1-2-9-3-4-10(14-9)11(12)8-5-6-13-7-8/h3-7,11-12H,2H2,1H3. The van der Waals surface area contributed by atoms with E-state index in [2.05, 4.69) is 13.0 Å². The van der Waals surface area contributed by atoms with Gasteiger partial charge in [0.2, 0.25) is 0 Å². The first-order valence-electron chi connectivity index (χ1n) is 4.60. The Hall–Kier alpha value is -0.640. The van der Waals surface area contributed by atoms with E-state index in [1.54, 1.807) is 22.7 Å². The van der Waals surface area contributed by atoms with Gasteiger partial charge >= 0.3 is 0 Å². The molecular formula is C11H12OS2. The van der Waals surface area contributed by atoms with Gasteiger partial charge in [-0.25, -0.2) is 0 Å². The minimum absolute atomic E-state index is 0.438. The van der Waals surface area contributed by atoms with E-state index in [-0.39, 0.29) is 0 Å². The van der Waals surface area contributed by atoms with Crippen molar-refractivity contribution in [2.75, 3.05) is 0 Å². The molecule has 1 atom stereocenters. The molecular weight excluding hydrogens is 212 g/mol. The molecule has 2 aromatic rings. The lowest BCUT2D eigenvalue weighted by Gasteiger charge is -2.04. The van der Waals surface area contributed by atoms with E-state index < -0.39 is 6.10 Å². The second kappa shape index (κ2) is 4.26. The monoisotopic (exact) mass is 224 g/mol. The predicted molar refractivity (Wildman–Crippen MR) is 62.1 cm³/mol. The fraction of sp³-hybridized carbons (Fsp3) is 0.273. The summed E-state index contributed by atoms with van der Waals surface area (Å²) in [4.78, 5) is 2.37. The normalized spacial score (nSPS) is 13.0.